The van der Waals surface area contributed by atoms with Crippen molar-refractivity contribution in [2.45, 2.75) is 0 Å². The van der Waals surface area contributed by atoms with Crippen LogP contribution in [0.4, 0.5) is 10.1 Å². The zero-order valence-electron chi connectivity index (χ0n) is 10.0. The summed E-state index contributed by atoms with van der Waals surface area (Å²) in [4.78, 5) is 22.9. The Bertz CT molecular complexity index is 522. The fourth-order valence-corrected chi connectivity index (χ4v) is 1.25. The van der Waals surface area contributed by atoms with Gasteiger partial charge in [-0.1, -0.05) is 12.2 Å². The minimum Gasteiger partial charge on any atom is -0.494 e. The zero-order chi connectivity index (χ0) is 14.4. The van der Waals surface area contributed by atoms with Gasteiger partial charge in [-0.25, -0.2) is 4.39 Å². The van der Waals surface area contributed by atoms with E-state index in [9.17, 15) is 14.0 Å². The van der Waals surface area contributed by atoms with Gasteiger partial charge in [-0.05, 0) is 12.1 Å². The van der Waals surface area contributed by atoms with Gasteiger partial charge in [-0.2, -0.15) is 0 Å². The number of thiocarbonyl (C=S) groups is 1. The first-order valence-corrected chi connectivity index (χ1v) is 5.56. The highest BCUT2D eigenvalue weighted by molar-refractivity contribution is 7.80. The monoisotopic (exact) mass is 285 g/mol. The average molecular weight is 285 g/mol. The minimum absolute atomic E-state index is 0.0404. The SMILES string of the molecule is COc1cc(NC(=O)C(=O)NCC(N)=S)ccc1F. The molecule has 1 rings (SSSR count). The molecule has 6 nitrogen and oxygen atoms in total. The summed E-state index contributed by atoms with van der Waals surface area (Å²) in [5.74, 6) is -2.42. The van der Waals surface area contributed by atoms with E-state index in [1.165, 1.54) is 19.2 Å². The highest BCUT2D eigenvalue weighted by Crippen LogP contribution is 2.21. The Labute approximate surface area is 114 Å². The summed E-state index contributed by atoms with van der Waals surface area (Å²) in [5, 5.41) is 4.51. The number of carbonyl (C=O) groups is 2. The molecule has 4 N–H and O–H groups in total. The topological polar surface area (TPSA) is 93.4 Å². The van der Waals surface area contributed by atoms with Crippen molar-refractivity contribution in [3.8, 4) is 5.75 Å². The normalized spacial score (nSPS) is 9.58. The Hall–Kier alpha value is -2.22. The number of amides is 2. The largest absolute Gasteiger partial charge is 0.494 e. The molecule has 0 atom stereocenters. The molecule has 0 spiro atoms. The van der Waals surface area contributed by atoms with Crippen LogP contribution in [0.25, 0.3) is 0 Å². The van der Waals surface area contributed by atoms with Gasteiger partial charge in [0, 0.05) is 11.8 Å². The number of methoxy groups -OCH3 is 1. The van der Waals surface area contributed by atoms with E-state index in [1.807, 2.05) is 0 Å². The number of ether oxygens (including phenoxy) is 1. The van der Waals surface area contributed by atoms with Crippen LogP contribution in [0.1, 0.15) is 0 Å². The van der Waals surface area contributed by atoms with E-state index in [0.29, 0.717) is 0 Å². The molecule has 8 heteroatoms. The molecule has 1 aromatic rings. The Kier molecular flexibility index (Phi) is 5.19. The Balaban J connectivity index is 2.66. The smallest absolute Gasteiger partial charge is 0.313 e. The van der Waals surface area contributed by atoms with Crippen LogP contribution in [0.3, 0.4) is 0 Å². The van der Waals surface area contributed by atoms with Gasteiger partial charge < -0.3 is 21.1 Å². The van der Waals surface area contributed by atoms with Crippen molar-refractivity contribution in [3.05, 3.63) is 24.0 Å². The molecule has 0 saturated carbocycles. The predicted octanol–water partition coefficient (Wildman–Crippen LogP) is 0.175. The summed E-state index contributed by atoms with van der Waals surface area (Å²) in [5.41, 5.74) is 5.41. The molecule has 0 aliphatic heterocycles. The first-order valence-electron chi connectivity index (χ1n) is 5.15. The molecule has 2 amide bonds. The molecule has 0 aromatic heterocycles. The van der Waals surface area contributed by atoms with Crippen LogP contribution in [0.15, 0.2) is 18.2 Å². The van der Waals surface area contributed by atoms with E-state index >= 15 is 0 Å². The summed E-state index contributed by atoms with van der Waals surface area (Å²) >= 11 is 4.55. The molecular weight excluding hydrogens is 273 g/mol. The summed E-state index contributed by atoms with van der Waals surface area (Å²) in [7, 11) is 1.29. The van der Waals surface area contributed by atoms with Crippen molar-refractivity contribution >= 4 is 34.7 Å². The van der Waals surface area contributed by atoms with Crippen LogP contribution < -0.4 is 21.1 Å². The lowest BCUT2D eigenvalue weighted by molar-refractivity contribution is -0.135. The number of hydrogen-bond acceptors (Lipinski definition) is 4. The average Bonchev–Trinajstić information content (AvgIpc) is 2.37. The number of anilines is 1. The van der Waals surface area contributed by atoms with Crippen LogP contribution in [0.5, 0.6) is 5.75 Å². The Morgan fingerprint density at radius 3 is 2.68 bits per heavy atom. The van der Waals surface area contributed by atoms with Crippen LogP contribution in [0, 0.1) is 5.82 Å². The summed E-state index contributed by atoms with van der Waals surface area (Å²) in [6.45, 7) is -0.0751. The number of nitrogens with one attached hydrogen (secondary N) is 2. The zero-order valence-corrected chi connectivity index (χ0v) is 10.8. The Morgan fingerprint density at radius 2 is 2.11 bits per heavy atom. The number of rotatable bonds is 4. The van der Waals surface area contributed by atoms with Crippen molar-refractivity contribution in [1.29, 1.82) is 0 Å². The van der Waals surface area contributed by atoms with Crippen molar-refractivity contribution < 1.29 is 18.7 Å². The van der Waals surface area contributed by atoms with E-state index < -0.39 is 17.6 Å². The van der Waals surface area contributed by atoms with Crippen molar-refractivity contribution in [2.75, 3.05) is 19.0 Å². The molecule has 0 fully saturated rings. The molecule has 0 unspecified atom stereocenters. The molecule has 0 aliphatic rings. The predicted molar refractivity (Wildman–Crippen MR) is 71.4 cm³/mol. The van der Waals surface area contributed by atoms with Gasteiger partial charge in [0.2, 0.25) is 0 Å². The van der Waals surface area contributed by atoms with Crippen molar-refractivity contribution in [3.63, 3.8) is 0 Å². The first kappa shape index (κ1) is 14.8. The number of hydrogen-bond donors (Lipinski definition) is 3. The van der Waals surface area contributed by atoms with Crippen LogP contribution >= 0.6 is 12.2 Å². The van der Waals surface area contributed by atoms with Gasteiger partial charge in [-0.3, -0.25) is 9.59 Å². The molecular formula is C11H12FN3O3S. The lowest BCUT2D eigenvalue weighted by Gasteiger charge is -2.08. The molecule has 0 saturated heterocycles. The van der Waals surface area contributed by atoms with E-state index in [1.54, 1.807) is 0 Å². The second-order valence-electron chi connectivity index (χ2n) is 3.45. The molecule has 1 aromatic carbocycles. The van der Waals surface area contributed by atoms with Crippen LogP contribution in [-0.2, 0) is 9.59 Å². The van der Waals surface area contributed by atoms with Crippen LogP contribution in [0.2, 0.25) is 0 Å². The quantitative estimate of drug-likeness (QED) is 0.542. The van der Waals surface area contributed by atoms with Gasteiger partial charge in [0.15, 0.2) is 11.6 Å². The van der Waals surface area contributed by atoms with Gasteiger partial charge in [-0.15, -0.1) is 0 Å². The standard InChI is InChI=1S/C11H12FN3O3S/c1-18-8-4-6(2-3-7(8)12)15-11(17)10(16)14-5-9(13)19/h2-4H,5H2,1H3,(H2,13,19)(H,14,16)(H,15,17). The highest BCUT2D eigenvalue weighted by atomic mass is 32.1. The molecule has 0 radical (unpaired) electrons. The number of carbonyl (C=O) groups excluding carboxylic acids is 2. The molecule has 102 valence electrons. The molecule has 0 aliphatic carbocycles. The van der Waals surface area contributed by atoms with E-state index in [0.717, 1.165) is 6.07 Å². The molecule has 0 heterocycles. The number of halogens is 1. The van der Waals surface area contributed by atoms with Crippen molar-refractivity contribution in [2.24, 2.45) is 5.73 Å². The lowest BCUT2D eigenvalue weighted by atomic mass is 10.3. The Morgan fingerprint density at radius 1 is 1.42 bits per heavy atom. The minimum atomic E-state index is -0.912. The third-order valence-electron chi connectivity index (χ3n) is 2.04. The summed E-state index contributed by atoms with van der Waals surface area (Å²) in [6.07, 6.45) is 0. The number of nitrogens with two attached hydrogens (primary N) is 1. The fraction of sp³-hybridized carbons (Fsp3) is 0.182. The highest BCUT2D eigenvalue weighted by Gasteiger charge is 2.14. The fourth-order valence-electron chi connectivity index (χ4n) is 1.17. The van der Waals surface area contributed by atoms with E-state index in [-0.39, 0.29) is 23.0 Å². The maximum Gasteiger partial charge on any atom is 0.313 e. The first-order chi connectivity index (χ1) is 8.93. The van der Waals surface area contributed by atoms with Gasteiger partial charge >= 0.3 is 11.8 Å². The molecule has 19 heavy (non-hydrogen) atoms. The maximum atomic E-state index is 13.1. The molecule has 0 bridgehead atoms. The van der Waals surface area contributed by atoms with Crippen LogP contribution in [-0.4, -0.2) is 30.5 Å². The summed E-state index contributed by atoms with van der Waals surface area (Å²) < 4.78 is 17.9. The maximum absolute atomic E-state index is 13.1. The second-order valence-corrected chi connectivity index (χ2v) is 3.98. The lowest BCUT2D eigenvalue weighted by Crippen LogP contribution is -2.39. The van der Waals surface area contributed by atoms with E-state index in [2.05, 4.69) is 22.9 Å². The third-order valence-corrected chi connectivity index (χ3v) is 2.18. The third kappa shape index (κ3) is 4.51. The summed E-state index contributed by atoms with van der Waals surface area (Å²) in [6, 6.07) is 3.67. The van der Waals surface area contributed by atoms with Gasteiger partial charge in [0.1, 0.15) is 0 Å². The van der Waals surface area contributed by atoms with E-state index in [4.69, 9.17) is 10.5 Å². The number of benzene rings is 1. The second kappa shape index (κ2) is 6.64. The van der Waals surface area contributed by atoms with Crippen molar-refractivity contribution in [1.82, 2.24) is 5.32 Å². The van der Waals surface area contributed by atoms with Gasteiger partial charge in [0.05, 0.1) is 18.6 Å². The van der Waals surface area contributed by atoms with Gasteiger partial charge in [0.25, 0.3) is 0 Å².